The molecule has 1 aliphatic heterocycles. The Balaban J connectivity index is 1.73. The second kappa shape index (κ2) is 7.37. The summed E-state index contributed by atoms with van der Waals surface area (Å²) in [7, 11) is 1.59. The summed E-state index contributed by atoms with van der Waals surface area (Å²) in [6, 6.07) is 6.56. The number of aromatic nitrogens is 4. The summed E-state index contributed by atoms with van der Waals surface area (Å²) in [5.74, 6) is 1.83. The highest BCUT2D eigenvalue weighted by atomic mass is 19.1. The highest BCUT2D eigenvalue weighted by molar-refractivity contribution is 5.76. The molecule has 0 radical (unpaired) electrons. The van der Waals surface area contributed by atoms with Crippen LogP contribution >= 0.6 is 0 Å². The van der Waals surface area contributed by atoms with Crippen molar-refractivity contribution in [2.24, 2.45) is 5.92 Å². The van der Waals surface area contributed by atoms with E-state index in [0.29, 0.717) is 23.9 Å². The summed E-state index contributed by atoms with van der Waals surface area (Å²) in [6.45, 7) is 2.69. The van der Waals surface area contributed by atoms with Crippen LogP contribution in [0.15, 0.2) is 30.6 Å². The predicted molar refractivity (Wildman–Crippen MR) is 96.7 cm³/mol. The molecule has 3 aromatic rings. The molecule has 3 heterocycles. The van der Waals surface area contributed by atoms with Crippen molar-refractivity contribution in [2.75, 3.05) is 20.2 Å². The topological polar surface area (TPSA) is 64.9 Å². The molecule has 0 aliphatic carbocycles. The fraction of sp³-hybridized carbons (Fsp3) is 0.421. The number of nitrogens with zero attached hydrogens (tertiary/aromatic N) is 4. The molecule has 1 N–H and O–H groups in total. The van der Waals surface area contributed by atoms with Gasteiger partial charge in [0, 0.05) is 6.42 Å². The largest absolute Gasteiger partial charge is 0.479 e. The van der Waals surface area contributed by atoms with E-state index in [-0.39, 0.29) is 5.82 Å². The normalized spacial score (nSPS) is 15.5. The monoisotopic (exact) mass is 355 g/mol. The van der Waals surface area contributed by atoms with Crippen LogP contribution in [-0.4, -0.2) is 39.7 Å². The number of ether oxygens (including phenoxy) is 1. The molecule has 6 nitrogen and oxygen atoms in total. The van der Waals surface area contributed by atoms with Gasteiger partial charge in [0.2, 0.25) is 5.88 Å². The molecule has 7 heteroatoms. The van der Waals surface area contributed by atoms with Gasteiger partial charge in [-0.15, -0.1) is 0 Å². The maximum Gasteiger partial charge on any atom is 0.245 e. The number of benzene rings is 1. The highest BCUT2D eigenvalue weighted by Crippen LogP contribution is 2.26. The molecular formula is C19H22FN5O. The summed E-state index contributed by atoms with van der Waals surface area (Å²) in [6.07, 6.45) is 4.67. The predicted octanol–water partition coefficient (Wildman–Crippen LogP) is 2.56. The average molecular weight is 355 g/mol. The Morgan fingerprint density at radius 1 is 1.19 bits per heavy atom. The van der Waals surface area contributed by atoms with Crippen molar-refractivity contribution < 1.29 is 9.13 Å². The Kier molecular flexibility index (Phi) is 4.79. The van der Waals surface area contributed by atoms with Crippen LogP contribution in [0.3, 0.4) is 0 Å². The van der Waals surface area contributed by atoms with Crippen molar-refractivity contribution >= 4 is 11.2 Å². The highest BCUT2D eigenvalue weighted by Gasteiger charge is 2.21. The van der Waals surface area contributed by atoms with Gasteiger partial charge in [0.05, 0.1) is 13.7 Å². The van der Waals surface area contributed by atoms with Crippen LogP contribution in [0.1, 0.15) is 24.2 Å². The molecule has 0 amide bonds. The van der Waals surface area contributed by atoms with E-state index in [9.17, 15) is 4.39 Å². The maximum atomic E-state index is 13.2. The zero-order valence-electron chi connectivity index (χ0n) is 14.8. The number of halogens is 1. The van der Waals surface area contributed by atoms with E-state index in [1.165, 1.54) is 18.5 Å². The third kappa shape index (κ3) is 3.39. The summed E-state index contributed by atoms with van der Waals surface area (Å²) < 4.78 is 20.7. The molecule has 0 bridgehead atoms. The first-order valence-corrected chi connectivity index (χ1v) is 8.94. The Morgan fingerprint density at radius 3 is 2.69 bits per heavy atom. The number of piperidine rings is 1. The molecule has 0 unspecified atom stereocenters. The van der Waals surface area contributed by atoms with Crippen LogP contribution in [0.4, 0.5) is 4.39 Å². The first kappa shape index (κ1) is 16.9. The Bertz CT molecular complexity index is 887. The maximum absolute atomic E-state index is 13.2. The number of methoxy groups -OCH3 is 1. The number of fused-ring (bicyclic) bond motifs is 1. The van der Waals surface area contributed by atoms with Crippen LogP contribution in [0.2, 0.25) is 0 Å². The standard InChI is InChI=1S/C19H22FN5O/c1-26-19-17-18(22-12-23-19)25(11-14-2-4-15(20)5-3-14)16(24-17)10-13-6-8-21-9-7-13/h2-5,12-13,21H,6-11H2,1H3. The summed E-state index contributed by atoms with van der Waals surface area (Å²) in [5, 5.41) is 3.40. The van der Waals surface area contributed by atoms with E-state index >= 15 is 0 Å². The van der Waals surface area contributed by atoms with Crippen LogP contribution in [0, 0.1) is 11.7 Å². The van der Waals surface area contributed by atoms with Crippen molar-refractivity contribution in [3.8, 4) is 5.88 Å². The SMILES string of the molecule is COc1ncnc2c1nc(CC1CCNCC1)n2Cc1ccc(F)cc1. The molecule has 0 atom stereocenters. The minimum atomic E-state index is -0.233. The van der Waals surface area contributed by atoms with Gasteiger partial charge in [0.1, 0.15) is 18.0 Å². The van der Waals surface area contributed by atoms with E-state index < -0.39 is 0 Å². The van der Waals surface area contributed by atoms with Crippen molar-refractivity contribution in [1.29, 1.82) is 0 Å². The Hall–Kier alpha value is -2.54. The summed E-state index contributed by atoms with van der Waals surface area (Å²) >= 11 is 0. The summed E-state index contributed by atoms with van der Waals surface area (Å²) in [4.78, 5) is 13.4. The minimum absolute atomic E-state index is 0.233. The Morgan fingerprint density at radius 2 is 1.96 bits per heavy atom. The number of rotatable bonds is 5. The molecule has 1 aromatic carbocycles. The first-order valence-electron chi connectivity index (χ1n) is 8.94. The number of hydrogen-bond donors (Lipinski definition) is 1. The number of hydrogen-bond acceptors (Lipinski definition) is 5. The molecule has 0 saturated carbocycles. The fourth-order valence-electron chi connectivity index (χ4n) is 3.55. The van der Waals surface area contributed by atoms with Gasteiger partial charge in [-0.3, -0.25) is 0 Å². The molecule has 1 saturated heterocycles. The van der Waals surface area contributed by atoms with Gasteiger partial charge >= 0.3 is 0 Å². The van der Waals surface area contributed by atoms with Crippen LogP contribution in [0.25, 0.3) is 11.2 Å². The lowest BCUT2D eigenvalue weighted by Gasteiger charge is -2.22. The molecule has 2 aromatic heterocycles. The number of imidazole rings is 1. The van der Waals surface area contributed by atoms with E-state index in [0.717, 1.165) is 49.4 Å². The lowest BCUT2D eigenvalue weighted by molar-refractivity contribution is 0.364. The lowest BCUT2D eigenvalue weighted by Crippen LogP contribution is -2.29. The molecule has 0 spiro atoms. The zero-order chi connectivity index (χ0) is 17.9. The van der Waals surface area contributed by atoms with Gasteiger partial charge in [-0.25, -0.2) is 14.4 Å². The van der Waals surface area contributed by atoms with Crippen molar-refractivity contribution in [2.45, 2.75) is 25.8 Å². The van der Waals surface area contributed by atoms with Gasteiger partial charge in [-0.1, -0.05) is 12.1 Å². The van der Waals surface area contributed by atoms with Crippen LogP contribution < -0.4 is 10.1 Å². The molecule has 1 aliphatic rings. The second-order valence-corrected chi connectivity index (χ2v) is 6.69. The molecule has 26 heavy (non-hydrogen) atoms. The molecule has 136 valence electrons. The molecule has 1 fully saturated rings. The van der Waals surface area contributed by atoms with Crippen molar-refractivity contribution in [1.82, 2.24) is 24.8 Å². The summed E-state index contributed by atoms with van der Waals surface area (Å²) in [5.41, 5.74) is 2.45. The van der Waals surface area contributed by atoms with Gasteiger partial charge < -0.3 is 14.6 Å². The van der Waals surface area contributed by atoms with Crippen molar-refractivity contribution in [3.05, 3.63) is 47.8 Å². The first-order chi connectivity index (χ1) is 12.7. The van der Waals surface area contributed by atoms with Gasteiger partial charge in [-0.2, -0.15) is 4.98 Å². The third-order valence-electron chi connectivity index (χ3n) is 4.95. The quantitative estimate of drug-likeness (QED) is 0.762. The van der Waals surface area contributed by atoms with E-state index in [1.807, 2.05) is 0 Å². The van der Waals surface area contributed by atoms with Gasteiger partial charge in [0.15, 0.2) is 11.2 Å². The fourth-order valence-corrected chi connectivity index (χ4v) is 3.55. The van der Waals surface area contributed by atoms with E-state index in [2.05, 4.69) is 19.9 Å². The smallest absolute Gasteiger partial charge is 0.245 e. The van der Waals surface area contributed by atoms with Crippen LogP contribution in [0.5, 0.6) is 5.88 Å². The average Bonchev–Trinajstić information content (AvgIpc) is 3.01. The van der Waals surface area contributed by atoms with E-state index in [1.54, 1.807) is 19.2 Å². The Labute approximate surface area is 151 Å². The van der Waals surface area contributed by atoms with Gasteiger partial charge in [0.25, 0.3) is 0 Å². The number of nitrogens with one attached hydrogen (secondary N) is 1. The molecule has 4 rings (SSSR count). The second-order valence-electron chi connectivity index (χ2n) is 6.69. The van der Waals surface area contributed by atoms with Gasteiger partial charge in [-0.05, 0) is 49.5 Å². The zero-order valence-corrected chi connectivity index (χ0v) is 14.8. The van der Waals surface area contributed by atoms with Crippen molar-refractivity contribution in [3.63, 3.8) is 0 Å². The molecular weight excluding hydrogens is 333 g/mol. The van der Waals surface area contributed by atoms with E-state index in [4.69, 9.17) is 9.72 Å². The third-order valence-corrected chi connectivity index (χ3v) is 4.95. The van der Waals surface area contributed by atoms with Crippen LogP contribution in [-0.2, 0) is 13.0 Å². The lowest BCUT2D eigenvalue weighted by atomic mass is 9.94. The minimum Gasteiger partial charge on any atom is -0.479 e.